The Labute approximate surface area is 187 Å². The molecular formula is C25H17ClN2O4. The highest BCUT2D eigenvalue weighted by atomic mass is 35.5. The van der Waals surface area contributed by atoms with Gasteiger partial charge in [0, 0.05) is 11.1 Å². The fraction of sp³-hybridized carbons (Fsp3) is 0.0800. The van der Waals surface area contributed by atoms with Gasteiger partial charge in [-0.15, -0.1) is 0 Å². The monoisotopic (exact) mass is 444 g/mol. The molecule has 6 nitrogen and oxygen atoms in total. The van der Waals surface area contributed by atoms with Crippen LogP contribution >= 0.6 is 11.6 Å². The molecule has 0 saturated heterocycles. The fourth-order valence-electron chi connectivity index (χ4n) is 3.68. The number of aryl methyl sites for hydroxylation is 2. The Morgan fingerprint density at radius 2 is 1.81 bits per heavy atom. The minimum Gasteiger partial charge on any atom is -0.436 e. The number of para-hydroxylation sites is 1. The van der Waals surface area contributed by atoms with Gasteiger partial charge in [-0.3, -0.25) is 4.79 Å². The van der Waals surface area contributed by atoms with Gasteiger partial charge in [-0.25, -0.2) is 9.78 Å². The van der Waals surface area contributed by atoms with E-state index in [1.54, 1.807) is 42.5 Å². The quantitative estimate of drug-likeness (QED) is 0.338. The van der Waals surface area contributed by atoms with Crippen molar-refractivity contribution in [2.75, 3.05) is 5.32 Å². The summed E-state index contributed by atoms with van der Waals surface area (Å²) < 4.78 is 11.2. The van der Waals surface area contributed by atoms with Crippen molar-refractivity contribution in [2.24, 2.45) is 0 Å². The van der Waals surface area contributed by atoms with Crippen molar-refractivity contribution in [3.8, 4) is 11.5 Å². The normalized spacial score (nSPS) is 11.2. The van der Waals surface area contributed by atoms with Gasteiger partial charge < -0.3 is 14.2 Å². The predicted octanol–water partition coefficient (Wildman–Crippen LogP) is 6.12. The molecule has 5 aromatic rings. The van der Waals surface area contributed by atoms with Crippen LogP contribution in [0.15, 0.2) is 74.3 Å². The van der Waals surface area contributed by atoms with Gasteiger partial charge >= 0.3 is 5.63 Å². The van der Waals surface area contributed by atoms with Crippen LogP contribution in [0.3, 0.4) is 0 Å². The molecule has 3 aromatic carbocycles. The molecule has 0 atom stereocenters. The highest BCUT2D eigenvalue weighted by Gasteiger charge is 2.17. The van der Waals surface area contributed by atoms with Gasteiger partial charge in [0.15, 0.2) is 5.58 Å². The number of nitrogens with zero attached hydrogens (tertiary/aromatic N) is 1. The number of carbonyl (C=O) groups excluding carboxylic acids is 1. The van der Waals surface area contributed by atoms with Crippen molar-refractivity contribution in [3.63, 3.8) is 0 Å². The van der Waals surface area contributed by atoms with E-state index in [9.17, 15) is 9.59 Å². The first kappa shape index (κ1) is 20.0. The van der Waals surface area contributed by atoms with Gasteiger partial charge in [-0.05, 0) is 61.4 Å². The van der Waals surface area contributed by atoms with Crippen LogP contribution in [0, 0.1) is 13.8 Å². The molecule has 0 saturated carbocycles. The Morgan fingerprint density at radius 3 is 2.66 bits per heavy atom. The number of aromatic nitrogens is 1. The highest BCUT2D eigenvalue weighted by Crippen LogP contribution is 2.33. The maximum atomic E-state index is 12.8. The summed E-state index contributed by atoms with van der Waals surface area (Å²) in [5.41, 5.74) is 4.07. The zero-order valence-electron chi connectivity index (χ0n) is 17.2. The number of fused-ring (bicyclic) bond motifs is 2. The average molecular weight is 445 g/mol. The van der Waals surface area contributed by atoms with Gasteiger partial charge in [0.25, 0.3) is 5.91 Å². The number of benzene rings is 3. The fourth-order valence-corrected chi connectivity index (χ4v) is 3.88. The largest absolute Gasteiger partial charge is 0.436 e. The van der Waals surface area contributed by atoms with Gasteiger partial charge in [-0.2, -0.15) is 0 Å². The van der Waals surface area contributed by atoms with Crippen molar-refractivity contribution in [1.29, 1.82) is 0 Å². The third kappa shape index (κ3) is 3.55. The lowest BCUT2D eigenvalue weighted by molar-refractivity contribution is 0.102. The van der Waals surface area contributed by atoms with Crippen molar-refractivity contribution in [1.82, 2.24) is 4.98 Å². The first-order valence-corrected chi connectivity index (χ1v) is 10.3. The van der Waals surface area contributed by atoms with E-state index in [4.69, 9.17) is 20.4 Å². The maximum Gasteiger partial charge on any atom is 0.349 e. The molecule has 2 aromatic heterocycles. The first-order valence-electron chi connectivity index (χ1n) is 9.91. The number of halogens is 1. The van der Waals surface area contributed by atoms with Crippen molar-refractivity contribution >= 4 is 45.3 Å². The standard InChI is InChI=1S/C25H17ClN2O4/c1-13-9-14(2)22-20(10-13)28-24(32-22)17-12-16(7-8-19(17)26)27-23(29)18-11-15-5-3-4-6-21(15)31-25(18)30/h3-12H,1-2H3,(H,27,29). The molecule has 158 valence electrons. The van der Waals surface area contributed by atoms with E-state index in [0.29, 0.717) is 38.7 Å². The first-order chi connectivity index (χ1) is 15.4. The van der Waals surface area contributed by atoms with Gasteiger partial charge in [0.05, 0.1) is 10.6 Å². The summed E-state index contributed by atoms with van der Waals surface area (Å²) in [6.07, 6.45) is 0. The lowest BCUT2D eigenvalue weighted by Gasteiger charge is -2.07. The molecule has 7 heteroatoms. The van der Waals surface area contributed by atoms with Gasteiger partial charge in [-0.1, -0.05) is 35.9 Å². The van der Waals surface area contributed by atoms with E-state index in [-0.39, 0.29) is 5.56 Å². The zero-order valence-corrected chi connectivity index (χ0v) is 18.0. The molecule has 0 aliphatic carbocycles. The second-order valence-electron chi connectivity index (χ2n) is 7.58. The van der Waals surface area contributed by atoms with E-state index in [1.165, 1.54) is 6.07 Å². The molecule has 0 radical (unpaired) electrons. The average Bonchev–Trinajstić information content (AvgIpc) is 3.18. The molecule has 0 spiro atoms. The zero-order chi connectivity index (χ0) is 22.4. The Kier molecular flexibility index (Phi) is 4.79. The summed E-state index contributed by atoms with van der Waals surface area (Å²) in [5.74, 6) is -0.234. The summed E-state index contributed by atoms with van der Waals surface area (Å²) in [5, 5.41) is 3.81. The van der Waals surface area contributed by atoms with E-state index in [1.807, 2.05) is 26.0 Å². The van der Waals surface area contributed by atoms with Crippen molar-refractivity contribution < 1.29 is 13.6 Å². The number of carbonyl (C=O) groups is 1. The summed E-state index contributed by atoms with van der Waals surface area (Å²) in [4.78, 5) is 29.6. The molecule has 0 unspecified atom stereocenters. The Bertz CT molecular complexity index is 1580. The summed E-state index contributed by atoms with van der Waals surface area (Å²) in [6, 6.07) is 17.4. The van der Waals surface area contributed by atoms with Crippen LogP contribution in [0.4, 0.5) is 5.69 Å². The minimum absolute atomic E-state index is 0.0897. The molecule has 1 amide bonds. The number of nitrogens with one attached hydrogen (secondary N) is 1. The van der Waals surface area contributed by atoms with Crippen LogP contribution in [0.5, 0.6) is 0 Å². The van der Waals surface area contributed by atoms with Crippen LogP contribution in [0.1, 0.15) is 21.5 Å². The molecule has 0 aliphatic rings. The van der Waals surface area contributed by atoms with Crippen LogP contribution in [0.25, 0.3) is 33.5 Å². The molecule has 0 bridgehead atoms. The van der Waals surface area contributed by atoms with E-state index < -0.39 is 11.5 Å². The lowest BCUT2D eigenvalue weighted by Crippen LogP contribution is -2.20. The second-order valence-corrected chi connectivity index (χ2v) is 7.99. The molecule has 2 heterocycles. The van der Waals surface area contributed by atoms with Crippen LogP contribution in [-0.4, -0.2) is 10.9 Å². The summed E-state index contributed by atoms with van der Waals surface area (Å²) in [7, 11) is 0. The molecule has 5 rings (SSSR count). The van der Waals surface area contributed by atoms with Crippen LogP contribution in [-0.2, 0) is 0 Å². The van der Waals surface area contributed by atoms with E-state index in [2.05, 4.69) is 10.3 Å². The number of hydrogen-bond acceptors (Lipinski definition) is 5. The van der Waals surface area contributed by atoms with E-state index in [0.717, 1.165) is 16.6 Å². The van der Waals surface area contributed by atoms with Crippen LogP contribution < -0.4 is 10.9 Å². The van der Waals surface area contributed by atoms with E-state index >= 15 is 0 Å². The number of hydrogen-bond donors (Lipinski definition) is 1. The Hall–Kier alpha value is -3.90. The minimum atomic E-state index is -0.708. The molecular weight excluding hydrogens is 428 g/mol. The molecule has 0 fully saturated rings. The summed E-state index contributed by atoms with van der Waals surface area (Å²) >= 11 is 6.40. The predicted molar refractivity (Wildman–Crippen MR) is 124 cm³/mol. The smallest absolute Gasteiger partial charge is 0.349 e. The number of rotatable bonds is 3. The second kappa shape index (κ2) is 7.66. The Balaban J connectivity index is 1.51. The van der Waals surface area contributed by atoms with Gasteiger partial charge in [0.2, 0.25) is 5.89 Å². The number of anilines is 1. The number of oxazole rings is 1. The summed E-state index contributed by atoms with van der Waals surface area (Å²) in [6.45, 7) is 3.95. The van der Waals surface area contributed by atoms with Crippen molar-refractivity contribution in [3.05, 3.63) is 92.8 Å². The number of amides is 1. The maximum absolute atomic E-state index is 12.8. The van der Waals surface area contributed by atoms with Crippen molar-refractivity contribution in [2.45, 2.75) is 13.8 Å². The molecule has 0 aliphatic heterocycles. The van der Waals surface area contributed by atoms with Crippen LogP contribution in [0.2, 0.25) is 5.02 Å². The topological polar surface area (TPSA) is 85.3 Å². The van der Waals surface area contributed by atoms with Gasteiger partial charge in [0.1, 0.15) is 16.7 Å². The lowest BCUT2D eigenvalue weighted by atomic mass is 10.1. The SMILES string of the molecule is Cc1cc(C)c2oc(-c3cc(NC(=O)c4cc5ccccc5oc4=O)ccc3Cl)nc2c1. The third-order valence-corrected chi connectivity index (χ3v) is 5.49. The third-order valence-electron chi connectivity index (χ3n) is 5.16. The highest BCUT2D eigenvalue weighted by molar-refractivity contribution is 6.33. The Morgan fingerprint density at radius 1 is 1.00 bits per heavy atom. The molecule has 1 N–H and O–H groups in total. The molecule has 32 heavy (non-hydrogen) atoms.